The first-order valence-corrected chi connectivity index (χ1v) is 9.93. The molecule has 0 atom stereocenters. The zero-order valence-corrected chi connectivity index (χ0v) is 16.9. The minimum atomic E-state index is -0.504. The van der Waals surface area contributed by atoms with Gasteiger partial charge in [0, 0.05) is 19.3 Å². The highest BCUT2D eigenvalue weighted by molar-refractivity contribution is 5.82. The number of nitrogens with zero attached hydrogens (tertiary/aromatic N) is 4. The number of ether oxygens (including phenoxy) is 2. The van der Waals surface area contributed by atoms with Crippen LogP contribution in [0.3, 0.4) is 0 Å². The van der Waals surface area contributed by atoms with Gasteiger partial charge in [-0.1, -0.05) is 12.1 Å². The molecule has 0 radical (unpaired) electrons. The SMILES string of the molecule is Cn1c(NCc2ccc(Oc3ncc(F)cn3)cc2)nc2ccc(NC3COC3)cc21. The number of rotatable bonds is 7. The van der Waals surface area contributed by atoms with Crippen molar-refractivity contribution in [1.29, 1.82) is 0 Å². The Morgan fingerprint density at radius 2 is 1.90 bits per heavy atom. The monoisotopic (exact) mass is 420 g/mol. The Bertz CT molecular complexity index is 1190. The lowest BCUT2D eigenvalue weighted by atomic mass is 10.2. The van der Waals surface area contributed by atoms with E-state index in [1.807, 2.05) is 48.0 Å². The van der Waals surface area contributed by atoms with E-state index < -0.39 is 5.82 Å². The summed E-state index contributed by atoms with van der Waals surface area (Å²) >= 11 is 0. The highest BCUT2D eigenvalue weighted by atomic mass is 19.1. The van der Waals surface area contributed by atoms with Crippen molar-refractivity contribution in [2.24, 2.45) is 7.05 Å². The molecule has 0 amide bonds. The fourth-order valence-corrected chi connectivity index (χ4v) is 3.31. The number of benzene rings is 2. The van der Waals surface area contributed by atoms with Crippen LogP contribution in [0.25, 0.3) is 11.0 Å². The normalized spacial score (nSPS) is 13.7. The third-order valence-electron chi connectivity index (χ3n) is 5.07. The van der Waals surface area contributed by atoms with Crippen molar-refractivity contribution >= 4 is 22.7 Å². The lowest BCUT2D eigenvalue weighted by Gasteiger charge is -2.27. The fourth-order valence-electron chi connectivity index (χ4n) is 3.31. The van der Waals surface area contributed by atoms with Gasteiger partial charge in [-0.3, -0.25) is 0 Å². The van der Waals surface area contributed by atoms with Crippen LogP contribution in [-0.2, 0) is 18.3 Å². The van der Waals surface area contributed by atoms with E-state index in [0.717, 1.165) is 53.8 Å². The van der Waals surface area contributed by atoms with Gasteiger partial charge in [0.25, 0.3) is 0 Å². The van der Waals surface area contributed by atoms with E-state index in [1.54, 1.807) is 0 Å². The number of hydrogen-bond acceptors (Lipinski definition) is 7. The van der Waals surface area contributed by atoms with Crippen LogP contribution in [0.5, 0.6) is 11.8 Å². The Kier molecular flexibility index (Phi) is 5.09. The number of anilines is 2. The van der Waals surface area contributed by atoms with Crippen molar-refractivity contribution < 1.29 is 13.9 Å². The minimum absolute atomic E-state index is 0.102. The summed E-state index contributed by atoms with van der Waals surface area (Å²) in [6.07, 6.45) is 2.14. The van der Waals surface area contributed by atoms with Crippen molar-refractivity contribution in [2.45, 2.75) is 12.6 Å². The summed E-state index contributed by atoms with van der Waals surface area (Å²) in [7, 11) is 1.99. The van der Waals surface area contributed by atoms with Gasteiger partial charge in [-0.25, -0.2) is 19.3 Å². The van der Waals surface area contributed by atoms with Crippen LogP contribution in [0.4, 0.5) is 16.0 Å². The molecule has 8 nitrogen and oxygen atoms in total. The zero-order chi connectivity index (χ0) is 21.2. The smallest absolute Gasteiger partial charge is 0.322 e. The van der Waals surface area contributed by atoms with Gasteiger partial charge in [0.2, 0.25) is 5.95 Å². The molecule has 1 fully saturated rings. The molecule has 2 aromatic carbocycles. The largest absolute Gasteiger partial charge is 0.424 e. The quantitative estimate of drug-likeness (QED) is 0.471. The van der Waals surface area contributed by atoms with Gasteiger partial charge in [0.05, 0.1) is 42.7 Å². The third-order valence-corrected chi connectivity index (χ3v) is 5.07. The van der Waals surface area contributed by atoms with Gasteiger partial charge in [0.15, 0.2) is 5.82 Å². The van der Waals surface area contributed by atoms with Crippen LogP contribution in [0, 0.1) is 5.82 Å². The van der Waals surface area contributed by atoms with Crippen LogP contribution in [0.2, 0.25) is 0 Å². The van der Waals surface area contributed by atoms with Gasteiger partial charge < -0.3 is 24.7 Å². The van der Waals surface area contributed by atoms with E-state index in [4.69, 9.17) is 9.47 Å². The average molecular weight is 420 g/mol. The molecule has 1 saturated heterocycles. The molecule has 0 saturated carbocycles. The number of fused-ring (bicyclic) bond motifs is 1. The second-order valence-corrected chi connectivity index (χ2v) is 7.36. The number of aryl methyl sites for hydroxylation is 1. The van der Waals surface area contributed by atoms with Crippen LogP contribution < -0.4 is 15.4 Å². The molecule has 9 heteroatoms. The number of imidazole rings is 1. The molecule has 2 N–H and O–H groups in total. The molecular formula is C22H21FN6O2. The standard InChI is InChI=1S/C22H21FN6O2/c1-29-20-8-16(27-17-12-30-13-17)4-7-19(20)28-21(29)24-9-14-2-5-18(6-3-14)31-22-25-10-15(23)11-26-22/h2-8,10-11,17,27H,9,12-13H2,1H3,(H,24,28). The lowest BCUT2D eigenvalue weighted by molar-refractivity contribution is 0.0211. The molecule has 0 spiro atoms. The van der Waals surface area contributed by atoms with E-state index in [0.29, 0.717) is 18.3 Å². The Hall–Kier alpha value is -3.72. The minimum Gasteiger partial charge on any atom is -0.424 e. The van der Waals surface area contributed by atoms with Gasteiger partial charge in [-0.2, -0.15) is 0 Å². The predicted octanol–water partition coefficient (Wildman–Crippen LogP) is 3.72. The maximum Gasteiger partial charge on any atom is 0.322 e. The molecule has 5 rings (SSSR count). The molecular weight excluding hydrogens is 399 g/mol. The van der Waals surface area contributed by atoms with Crippen molar-refractivity contribution in [3.63, 3.8) is 0 Å². The first-order valence-electron chi connectivity index (χ1n) is 9.93. The lowest BCUT2D eigenvalue weighted by Crippen LogP contribution is -2.40. The van der Waals surface area contributed by atoms with Crippen LogP contribution in [0.1, 0.15) is 5.56 Å². The second-order valence-electron chi connectivity index (χ2n) is 7.36. The third kappa shape index (κ3) is 4.26. The van der Waals surface area contributed by atoms with Gasteiger partial charge in [-0.15, -0.1) is 0 Å². The number of halogens is 1. The summed E-state index contributed by atoms with van der Waals surface area (Å²) in [5.41, 5.74) is 4.11. The summed E-state index contributed by atoms with van der Waals surface area (Å²) < 4.78 is 25.7. The number of aromatic nitrogens is 4. The molecule has 0 bridgehead atoms. The van der Waals surface area contributed by atoms with Crippen LogP contribution >= 0.6 is 0 Å². The molecule has 2 aromatic heterocycles. The summed E-state index contributed by atoms with van der Waals surface area (Å²) in [4.78, 5) is 12.3. The van der Waals surface area contributed by atoms with Gasteiger partial charge >= 0.3 is 6.01 Å². The number of hydrogen-bond donors (Lipinski definition) is 2. The zero-order valence-electron chi connectivity index (χ0n) is 16.9. The summed E-state index contributed by atoms with van der Waals surface area (Å²) in [5, 5.41) is 6.85. The van der Waals surface area contributed by atoms with Gasteiger partial charge in [0.1, 0.15) is 5.75 Å². The highest BCUT2D eigenvalue weighted by Crippen LogP contribution is 2.24. The molecule has 0 unspecified atom stereocenters. The van der Waals surface area contributed by atoms with E-state index in [1.165, 1.54) is 0 Å². The van der Waals surface area contributed by atoms with E-state index >= 15 is 0 Å². The molecule has 1 aliphatic rings. The predicted molar refractivity (Wildman–Crippen MR) is 115 cm³/mol. The highest BCUT2D eigenvalue weighted by Gasteiger charge is 2.18. The summed E-state index contributed by atoms with van der Waals surface area (Å²) in [5.74, 6) is 0.866. The summed E-state index contributed by atoms with van der Waals surface area (Å²) in [6.45, 7) is 2.10. The molecule has 158 valence electrons. The Labute approximate surface area is 178 Å². The van der Waals surface area contributed by atoms with Crippen LogP contribution in [-0.4, -0.2) is 38.8 Å². The summed E-state index contributed by atoms with van der Waals surface area (Å²) in [6, 6.07) is 14.2. The Morgan fingerprint density at radius 1 is 1.13 bits per heavy atom. The molecule has 1 aliphatic heterocycles. The average Bonchev–Trinajstić information content (AvgIpc) is 3.07. The second kappa shape index (κ2) is 8.19. The van der Waals surface area contributed by atoms with Crippen molar-refractivity contribution in [2.75, 3.05) is 23.8 Å². The molecule has 3 heterocycles. The maximum atomic E-state index is 12.9. The molecule has 0 aliphatic carbocycles. The van der Waals surface area contributed by atoms with E-state index in [9.17, 15) is 4.39 Å². The maximum absolute atomic E-state index is 12.9. The Balaban J connectivity index is 1.23. The van der Waals surface area contributed by atoms with E-state index in [-0.39, 0.29) is 6.01 Å². The van der Waals surface area contributed by atoms with Gasteiger partial charge in [-0.05, 0) is 35.9 Å². The molecule has 31 heavy (non-hydrogen) atoms. The van der Waals surface area contributed by atoms with Crippen molar-refractivity contribution in [3.05, 3.63) is 66.2 Å². The first kappa shape index (κ1) is 19.3. The Morgan fingerprint density at radius 3 is 2.61 bits per heavy atom. The molecule has 4 aromatic rings. The van der Waals surface area contributed by atoms with E-state index in [2.05, 4.69) is 31.7 Å². The van der Waals surface area contributed by atoms with Crippen molar-refractivity contribution in [1.82, 2.24) is 19.5 Å². The van der Waals surface area contributed by atoms with Crippen molar-refractivity contribution in [3.8, 4) is 11.8 Å². The number of nitrogens with one attached hydrogen (secondary N) is 2. The fraction of sp³-hybridized carbons (Fsp3) is 0.227. The van der Waals surface area contributed by atoms with Crippen LogP contribution in [0.15, 0.2) is 54.9 Å². The first-order chi connectivity index (χ1) is 15.1. The topological polar surface area (TPSA) is 86.1 Å².